The quantitative estimate of drug-likeness (QED) is 0.348. The van der Waals surface area contributed by atoms with Crippen molar-refractivity contribution in [2.75, 3.05) is 26.3 Å². The van der Waals surface area contributed by atoms with E-state index in [1.807, 2.05) is 6.92 Å². The highest BCUT2D eigenvalue weighted by molar-refractivity contribution is 5.77. The fourth-order valence-corrected chi connectivity index (χ4v) is 2.01. The summed E-state index contributed by atoms with van der Waals surface area (Å²) in [5.41, 5.74) is 5.10. The van der Waals surface area contributed by atoms with Crippen molar-refractivity contribution >= 4 is 5.96 Å². The molecule has 1 aliphatic carbocycles. The van der Waals surface area contributed by atoms with Crippen LogP contribution in [0.25, 0.3) is 0 Å². The number of guanidine groups is 1. The maximum absolute atomic E-state index is 10.1. The second kappa shape index (κ2) is 7.50. The smallest absolute Gasteiger partial charge is 0.188 e. The van der Waals surface area contributed by atoms with Crippen LogP contribution < -0.4 is 11.1 Å². The van der Waals surface area contributed by atoms with Crippen LogP contribution in [0.4, 0.5) is 0 Å². The Morgan fingerprint density at radius 2 is 2.18 bits per heavy atom. The minimum Gasteiger partial charge on any atom is -0.388 e. The van der Waals surface area contributed by atoms with Gasteiger partial charge >= 0.3 is 0 Å². The minimum atomic E-state index is -0.613. The van der Waals surface area contributed by atoms with E-state index in [1.54, 1.807) is 0 Å². The lowest BCUT2D eigenvalue weighted by Gasteiger charge is -2.19. The van der Waals surface area contributed by atoms with Crippen molar-refractivity contribution in [2.45, 2.75) is 44.6 Å². The average Bonchev–Trinajstić information content (AvgIpc) is 2.74. The summed E-state index contributed by atoms with van der Waals surface area (Å²) in [7, 11) is 0. The molecule has 0 heterocycles. The van der Waals surface area contributed by atoms with Gasteiger partial charge in [-0.3, -0.25) is 4.99 Å². The molecule has 0 saturated heterocycles. The van der Waals surface area contributed by atoms with Crippen molar-refractivity contribution in [3.05, 3.63) is 0 Å². The van der Waals surface area contributed by atoms with E-state index in [0.29, 0.717) is 12.5 Å². The van der Waals surface area contributed by atoms with Crippen LogP contribution in [0, 0.1) is 0 Å². The van der Waals surface area contributed by atoms with Gasteiger partial charge in [0.1, 0.15) is 0 Å². The predicted octanol–water partition coefficient (Wildman–Crippen LogP) is 0.622. The zero-order valence-corrected chi connectivity index (χ0v) is 10.7. The molecule has 0 atom stereocenters. The molecule has 100 valence electrons. The van der Waals surface area contributed by atoms with E-state index >= 15 is 0 Å². The Hall–Kier alpha value is -0.810. The molecule has 0 unspecified atom stereocenters. The van der Waals surface area contributed by atoms with Gasteiger partial charge in [-0.2, -0.15) is 0 Å². The van der Waals surface area contributed by atoms with Crippen molar-refractivity contribution < 1.29 is 9.84 Å². The minimum absolute atomic E-state index is 0.414. The fourth-order valence-electron chi connectivity index (χ4n) is 2.01. The number of aliphatic hydroxyl groups is 1. The van der Waals surface area contributed by atoms with Crippen molar-refractivity contribution in [3.8, 4) is 0 Å². The van der Waals surface area contributed by atoms with Crippen LogP contribution in [-0.2, 0) is 4.74 Å². The Morgan fingerprint density at radius 3 is 2.82 bits per heavy atom. The Labute approximate surface area is 103 Å². The van der Waals surface area contributed by atoms with Gasteiger partial charge in [0.25, 0.3) is 0 Å². The molecular formula is C12H25N3O2. The number of aliphatic imine (C=N–C) groups is 1. The van der Waals surface area contributed by atoms with E-state index in [-0.39, 0.29) is 0 Å². The SMILES string of the molecule is CCOCCCNC(N)=NCC1(O)CCCC1. The van der Waals surface area contributed by atoms with Crippen LogP contribution >= 0.6 is 0 Å². The Balaban J connectivity index is 2.11. The summed E-state index contributed by atoms with van der Waals surface area (Å²) in [5.74, 6) is 0.418. The van der Waals surface area contributed by atoms with E-state index in [0.717, 1.165) is 51.9 Å². The van der Waals surface area contributed by atoms with E-state index in [2.05, 4.69) is 10.3 Å². The molecule has 1 rings (SSSR count). The van der Waals surface area contributed by atoms with Gasteiger partial charge in [-0.15, -0.1) is 0 Å². The van der Waals surface area contributed by atoms with Crippen molar-refractivity contribution in [1.82, 2.24) is 5.32 Å². The summed E-state index contributed by atoms with van der Waals surface area (Å²) in [6.45, 7) is 4.63. The number of nitrogens with two attached hydrogens (primary N) is 1. The van der Waals surface area contributed by atoms with Crippen molar-refractivity contribution in [3.63, 3.8) is 0 Å². The molecule has 0 aromatic carbocycles. The third-order valence-electron chi connectivity index (χ3n) is 3.05. The monoisotopic (exact) mass is 243 g/mol. The summed E-state index contributed by atoms with van der Waals surface area (Å²) in [6.07, 6.45) is 4.78. The lowest BCUT2D eigenvalue weighted by atomic mass is 10.0. The molecule has 17 heavy (non-hydrogen) atoms. The first-order chi connectivity index (χ1) is 8.16. The Bertz CT molecular complexity index is 238. The molecule has 0 spiro atoms. The average molecular weight is 243 g/mol. The first-order valence-electron chi connectivity index (χ1n) is 6.50. The third kappa shape index (κ3) is 5.89. The summed E-state index contributed by atoms with van der Waals surface area (Å²) < 4.78 is 5.21. The summed E-state index contributed by atoms with van der Waals surface area (Å²) in [6, 6.07) is 0. The van der Waals surface area contributed by atoms with Crippen LogP contribution in [-0.4, -0.2) is 43.0 Å². The van der Waals surface area contributed by atoms with Crippen LogP contribution in [0.3, 0.4) is 0 Å². The largest absolute Gasteiger partial charge is 0.388 e. The number of hydrogen-bond acceptors (Lipinski definition) is 3. The molecule has 1 aliphatic rings. The van der Waals surface area contributed by atoms with Gasteiger partial charge in [-0.25, -0.2) is 0 Å². The van der Waals surface area contributed by atoms with Gasteiger partial charge in [-0.1, -0.05) is 12.8 Å². The second-order valence-electron chi connectivity index (χ2n) is 4.61. The summed E-state index contributed by atoms with van der Waals surface area (Å²) >= 11 is 0. The molecular weight excluding hydrogens is 218 g/mol. The van der Waals surface area contributed by atoms with Crippen LogP contribution in [0.15, 0.2) is 4.99 Å². The van der Waals surface area contributed by atoms with Crippen LogP contribution in [0.1, 0.15) is 39.0 Å². The maximum Gasteiger partial charge on any atom is 0.188 e. The molecule has 0 amide bonds. The second-order valence-corrected chi connectivity index (χ2v) is 4.61. The molecule has 5 nitrogen and oxygen atoms in total. The third-order valence-corrected chi connectivity index (χ3v) is 3.05. The molecule has 5 heteroatoms. The number of nitrogens with zero attached hydrogens (tertiary/aromatic N) is 1. The Morgan fingerprint density at radius 1 is 1.47 bits per heavy atom. The number of hydrogen-bond donors (Lipinski definition) is 3. The van der Waals surface area contributed by atoms with E-state index in [4.69, 9.17) is 10.5 Å². The molecule has 0 aliphatic heterocycles. The van der Waals surface area contributed by atoms with E-state index in [1.165, 1.54) is 0 Å². The summed E-state index contributed by atoms with van der Waals surface area (Å²) in [4.78, 5) is 4.19. The number of ether oxygens (including phenoxy) is 1. The van der Waals surface area contributed by atoms with Gasteiger partial charge in [0.15, 0.2) is 5.96 Å². The van der Waals surface area contributed by atoms with Crippen molar-refractivity contribution in [2.24, 2.45) is 10.7 Å². The normalized spacial score (nSPS) is 19.5. The van der Waals surface area contributed by atoms with Crippen LogP contribution in [0.5, 0.6) is 0 Å². The van der Waals surface area contributed by atoms with Gasteiger partial charge < -0.3 is 20.9 Å². The first kappa shape index (κ1) is 14.3. The molecule has 0 bridgehead atoms. The standard InChI is InChI=1S/C12H25N3O2/c1-2-17-9-5-8-14-11(13)15-10-12(16)6-3-4-7-12/h16H,2-10H2,1H3,(H3,13,14,15). The lowest BCUT2D eigenvalue weighted by Crippen LogP contribution is -2.36. The highest BCUT2D eigenvalue weighted by Crippen LogP contribution is 2.29. The van der Waals surface area contributed by atoms with Gasteiger partial charge in [-0.05, 0) is 26.2 Å². The zero-order valence-electron chi connectivity index (χ0n) is 10.7. The highest BCUT2D eigenvalue weighted by atomic mass is 16.5. The lowest BCUT2D eigenvalue weighted by molar-refractivity contribution is 0.0574. The molecule has 1 saturated carbocycles. The van der Waals surface area contributed by atoms with Gasteiger partial charge in [0.2, 0.25) is 0 Å². The first-order valence-corrected chi connectivity index (χ1v) is 6.50. The van der Waals surface area contributed by atoms with E-state index < -0.39 is 5.60 Å². The fraction of sp³-hybridized carbons (Fsp3) is 0.917. The molecule has 0 radical (unpaired) electrons. The molecule has 0 aromatic rings. The number of rotatable bonds is 7. The molecule has 1 fully saturated rings. The summed E-state index contributed by atoms with van der Waals surface area (Å²) in [5, 5.41) is 13.1. The van der Waals surface area contributed by atoms with Gasteiger partial charge in [0.05, 0.1) is 12.1 Å². The zero-order chi connectivity index (χ0) is 12.6. The topological polar surface area (TPSA) is 79.9 Å². The highest BCUT2D eigenvalue weighted by Gasteiger charge is 2.30. The maximum atomic E-state index is 10.1. The van der Waals surface area contributed by atoms with Crippen LogP contribution in [0.2, 0.25) is 0 Å². The molecule has 0 aromatic heterocycles. The van der Waals surface area contributed by atoms with Gasteiger partial charge in [0, 0.05) is 19.8 Å². The van der Waals surface area contributed by atoms with E-state index in [9.17, 15) is 5.11 Å². The predicted molar refractivity (Wildman–Crippen MR) is 69.0 cm³/mol. The molecule has 4 N–H and O–H groups in total. The Kier molecular flexibility index (Phi) is 6.29. The van der Waals surface area contributed by atoms with Crippen molar-refractivity contribution in [1.29, 1.82) is 0 Å². The number of nitrogens with one attached hydrogen (secondary N) is 1.